The highest BCUT2D eigenvalue weighted by atomic mass is 35.5. The van der Waals surface area contributed by atoms with E-state index in [4.69, 9.17) is 11.6 Å². The van der Waals surface area contributed by atoms with Gasteiger partial charge < -0.3 is 10.6 Å². The first-order valence-corrected chi connectivity index (χ1v) is 7.86. The molecule has 0 saturated carbocycles. The lowest BCUT2D eigenvalue weighted by atomic mass is 10.1. The number of hydrogen-bond acceptors (Lipinski definition) is 5. The van der Waals surface area contributed by atoms with Gasteiger partial charge in [-0.1, -0.05) is 17.7 Å². The molecule has 0 bridgehead atoms. The number of nitrogens with one attached hydrogen (secondary N) is 2. The number of anilines is 3. The Morgan fingerprint density at radius 2 is 1.77 bits per heavy atom. The summed E-state index contributed by atoms with van der Waals surface area (Å²) in [6.07, 6.45) is -1.36. The van der Waals surface area contributed by atoms with Crippen molar-refractivity contribution in [1.29, 1.82) is 0 Å². The normalized spacial score (nSPS) is 11.3. The molecule has 0 fully saturated rings. The zero-order chi connectivity index (χ0) is 18.7. The average Bonchev–Trinajstić information content (AvgIpc) is 2.63. The highest BCUT2D eigenvalue weighted by Gasteiger charge is 2.34. The van der Waals surface area contributed by atoms with Gasteiger partial charge in [0.2, 0.25) is 5.95 Å². The summed E-state index contributed by atoms with van der Waals surface area (Å²) in [7, 11) is 1.62. The molecule has 5 nitrogen and oxygen atoms in total. The SMILES string of the molecule is CNc1nc(Nc2c(Cl)cccc2C(F)(F)F)cc(-c2ccncc2)n1. The summed E-state index contributed by atoms with van der Waals surface area (Å²) in [6.45, 7) is 0. The van der Waals surface area contributed by atoms with Gasteiger partial charge in [-0.25, -0.2) is 4.98 Å². The second-order valence-electron chi connectivity index (χ2n) is 5.23. The van der Waals surface area contributed by atoms with Gasteiger partial charge in [0.25, 0.3) is 0 Å². The molecule has 3 aromatic rings. The zero-order valence-corrected chi connectivity index (χ0v) is 14.2. The number of aromatic nitrogens is 3. The Bertz CT molecular complexity index is 916. The van der Waals surface area contributed by atoms with Gasteiger partial charge in [0.15, 0.2) is 0 Å². The molecule has 0 radical (unpaired) electrons. The number of halogens is 4. The predicted octanol–water partition coefficient (Wildman–Crippen LogP) is 5.00. The fourth-order valence-electron chi connectivity index (χ4n) is 2.31. The molecule has 0 saturated heterocycles. The van der Waals surface area contributed by atoms with Crippen molar-refractivity contribution >= 4 is 29.1 Å². The molecule has 0 amide bonds. The van der Waals surface area contributed by atoms with E-state index in [-0.39, 0.29) is 22.5 Å². The van der Waals surface area contributed by atoms with Crippen molar-refractivity contribution < 1.29 is 13.2 Å². The quantitative estimate of drug-likeness (QED) is 0.668. The molecule has 0 atom stereocenters. The molecule has 26 heavy (non-hydrogen) atoms. The van der Waals surface area contributed by atoms with Gasteiger partial charge in [-0.05, 0) is 24.3 Å². The first-order chi connectivity index (χ1) is 12.4. The molecule has 0 aliphatic rings. The van der Waals surface area contributed by atoms with Gasteiger partial charge >= 0.3 is 6.18 Å². The van der Waals surface area contributed by atoms with Gasteiger partial charge in [0, 0.05) is 31.1 Å². The van der Waals surface area contributed by atoms with E-state index >= 15 is 0 Å². The minimum Gasteiger partial charge on any atom is -0.357 e. The van der Waals surface area contributed by atoms with E-state index in [2.05, 4.69) is 25.6 Å². The summed E-state index contributed by atoms with van der Waals surface area (Å²) in [4.78, 5) is 12.4. The van der Waals surface area contributed by atoms with Crippen molar-refractivity contribution in [3.05, 3.63) is 59.4 Å². The lowest BCUT2D eigenvalue weighted by Crippen LogP contribution is -2.10. The lowest BCUT2D eigenvalue weighted by Gasteiger charge is -2.16. The Labute approximate surface area is 152 Å². The van der Waals surface area contributed by atoms with Crippen molar-refractivity contribution in [3.8, 4) is 11.3 Å². The predicted molar refractivity (Wildman–Crippen MR) is 94.5 cm³/mol. The summed E-state index contributed by atoms with van der Waals surface area (Å²) >= 11 is 5.99. The Hall–Kier alpha value is -2.87. The molecule has 0 aliphatic carbocycles. The Kier molecular flexibility index (Phi) is 4.94. The van der Waals surface area contributed by atoms with Crippen LogP contribution >= 0.6 is 11.6 Å². The molecule has 0 spiro atoms. The van der Waals surface area contributed by atoms with Crippen LogP contribution in [0.25, 0.3) is 11.3 Å². The summed E-state index contributed by atoms with van der Waals surface area (Å²) < 4.78 is 39.8. The van der Waals surface area contributed by atoms with Gasteiger partial charge in [0.05, 0.1) is 22.0 Å². The van der Waals surface area contributed by atoms with Crippen molar-refractivity contribution in [2.45, 2.75) is 6.18 Å². The van der Waals surface area contributed by atoms with Crippen molar-refractivity contribution in [2.75, 3.05) is 17.7 Å². The van der Waals surface area contributed by atoms with Crippen molar-refractivity contribution in [3.63, 3.8) is 0 Å². The number of para-hydroxylation sites is 1. The molecule has 2 heterocycles. The second-order valence-corrected chi connectivity index (χ2v) is 5.64. The van der Waals surface area contributed by atoms with Crippen LogP contribution in [0.1, 0.15) is 5.56 Å². The van der Waals surface area contributed by atoms with E-state index in [0.717, 1.165) is 11.6 Å². The maximum Gasteiger partial charge on any atom is 0.418 e. The van der Waals surface area contributed by atoms with E-state index < -0.39 is 11.7 Å². The van der Waals surface area contributed by atoms with E-state index in [1.165, 1.54) is 12.1 Å². The third-order valence-electron chi connectivity index (χ3n) is 3.50. The fraction of sp³-hybridized carbons (Fsp3) is 0.118. The highest BCUT2D eigenvalue weighted by molar-refractivity contribution is 6.33. The van der Waals surface area contributed by atoms with Crippen LogP contribution in [0.4, 0.5) is 30.6 Å². The van der Waals surface area contributed by atoms with Crippen LogP contribution in [0, 0.1) is 0 Å². The molecule has 2 aromatic heterocycles. The van der Waals surface area contributed by atoms with Gasteiger partial charge in [-0.3, -0.25) is 4.98 Å². The molecular formula is C17H13ClF3N5. The maximum atomic E-state index is 13.3. The first kappa shape index (κ1) is 17.9. The third kappa shape index (κ3) is 3.85. The molecule has 134 valence electrons. The van der Waals surface area contributed by atoms with Crippen molar-refractivity contribution in [2.24, 2.45) is 0 Å². The molecule has 0 unspecified atom stereocenters. The van der Waals surface area contributed by atoms with Gasteiger partial charge in [-0.15, -0.1) is 0 Å². The van der Waals surface area contributed by atoms with Crippen LogP contribution in [0.15, 0.2) is 48.8 Å². The minimum atomic E-state index is -4.56. The number of alkyl halides is 3. The van der Waals surface area contributed by atoms with Crippen LogP contribution in [0.5, 0.6) is 0 Å². The fourth-order valence-corrected chi connectivity index (χ4v) is 2.53. The van der Waals surface area contributed by atoms with Crippen LogP contribution in [0.3, 0.4) is 0 Å². The van der Waals surface area contributed by atoms with Gasteiger partial charge in [-0.2, -0.15) is 18.2 Å². The smallest absolute Gasteiger partial charge is 0.357 e. The van der Waals surface area contributed by atoms with Gasteiger partial charge in [0.1, 0.15) is 5.82 Å². The number of rotatable bonds is 4. The molecular weight excluding hydrogens is 367 g/mol. The van der Waals surface area contributed by atoms with E-state index in [0.29, 0.717) is 5.69 Å². The Morgan fingerprint density at radius 3 is 2.42 bits per heavy atom. The van der Waals surface area contributed by atoms with E-state index in [1.54, 1.807) is 37.6 Å². The summed E-state index contributed by atoms with van der Waals surface area (Å²) in [6, 6.07) is 8.60. The number of nitrogens with zero attached hydrogens (tertiary/aromatic N) is 3. The molecule has 0 aliphatic heterocycles. The maximum absolute atomic E-state index is 13.3. The molecule has 3 rings (SSSR count). The standard InChI is InChI=1S/C17H13ClF3N5/c1-22-16-24-13(10-5-7-23-8-6-10)9-14(26-16)25-15-11(17(19,20)21)3-2-4-12(15)18/h2-9H,1H3,(H2,22,24,25,26). The van der Waals surface area contributed by atoms with Crippen LogP contribution < -0.4 is 10.6 Å². The van der Waals surface area contributed by atoms with E-state index in [1.807, 2.05) is 0 Å². The van der Waals surface area contributed by atoms with Crippen LogP contribution in [-0.4, -0.2) is 22.0 Å². The number of hydrogen-bond donors (Lipinski definition) is 2. The first-order valence-electron chi connectivity index (χ1n) is 7.48. The zero-order valence-electron chi connectivity index (χ0n) is 13.5. The largest absolute Gasteiger partial charge is 0.418 e. The van der Waals surface area contributed by atoms with Crippen LogP contribution in [0.2, 0.25) is 5.02 Å². The Morgan fingerprint density at radius 1 is 1.04 bits per heavy atom. The topological polar surface area (TPSA) is 62.7 Å². The third-order valence-corrected chi connectivity index (χ3v) is 3.81. The average molecular weight is 380 g/mol. The number of benzene rings is 1. The monoisotopic (exact) mass is 379 g/mol. The lowest BCUT2D eigenvalue weighted by molar-refractivity contribution is -0.136. The molecule has 2 N–H and O–H groups in total. The molecule has 1 aromatic carbocycles. The Balaban J connectivity index is 2.07. The summed E-state index contributed by atoms with van der Waals surface area (Å²) in [5, 5.41) is 5.40. The number of pyridine rings is 1. The second kappa shape index (κ2) is 7.17. The molecule has 9 heteroatoms. The van der Waals surface area contributed by atoms with Crippen LogP contribution in [-0.2, 0) is 6.18 Å². The van der Waals surface area contributed by atoms with E-state index in [9.17, 15) is 13.2 Å². The minimum absolute atomic E-state index is 0.0603. The summed E-state index contributed by atoms with van der Waals surface area (Å²) in [5.41, 5.74) is 0.134. The highest BCUT2D eigenvalue weighted by Crippen LogP contribution is 2.39. The summed E-state index contributed by atoms with van der Waals surface area (Å²) in [5.74, 6) is 0.428. The van der Waals surface area contributed by atoms with Crippen molar-refractivity contribution in [1.82, 2.24) is 15.0 Å².